The number of hydrogen-bond acceptors (Lipinski definition) is 4. The van der Waals surface area contributed by atoms with Crippen LogP contribution in [0.4, 0.5) is 0 Å². The Balaban J connectivity index is 1.86. The van der Waals surface area contributed by atoms with Crippen LogP contribution >= 0.6 is 0 Å². The highest BCUT2D eigenvalue weighted by Crippen LogP contribution is 2.24. The highest BCUT2D eigenvalue weighted by atomic mass is 16.5. The number of fused-ring (bicyclic) bond motifs is 1. The number of aromatic nitrogens is 2. The highest BCUT2D eigenvalue weighted by Gasteiger charge is 2.31. The number of para-hydroxylation sites is 2. The van der Waals surface area contributed by atoms with Crippen LogP contribution in [0.25, 0.3) is 11.0 Å². The van der Waals surface area contributed by atoms with E-state index in [9.17, 15) is 4.79 Å². The second-order valence-electron chi connectivity index (χ2n) is 4.51. The van der Waals surface area contributed by atoms with Gasteiger partial charge in [0.25, 0.3) is 0 Å². The largest absolute Gasteiger partial charge is 0.468 e. The summed E-state index contributed by atoms with van der Waals surface area (Å²) in [5.74, 6) is -0.193. The fourth-order valence-corrected chi connectivity index (χ4v) is 2.52. The van der Waals surface area contributed by atoms with Crippen molar-refractivity contribution in [2.75, 3.05) is 13.7 Å². The second kappa shape index (κ2) is 4.42. The summed E-state index contributed by atoms with van der Waals surface area (Å²) in [5, 5.41) is 3.19. The molecule has 1 aliphatic heterocycles. The maximum absolute atomic E-state index is 11.5. The molecule has 2 heterocycles. The molecule has 94 valence electrons. The molecular formula is C13H15N3O2. The number of ether oxygens (including phenoxy) is 1. The number of nitrogens with zero attached hydrogens (tertiary/aromatic N) is 2. The number of carbonyl (C=O) groups is 1. The molecule has 1 fully saturated rings. The summed E-state index contributed by atoms with van der Waals surface area (Å²) in [4.78, 5) is 15.9. The minimum Gasteiger partial charge on any atom is -0.468 e. The summed E-state index contributed by atoms with van der Waals surface area (Å²) >= 11 is 0. The summed E-state index contributed by atoms with van der Waals surface area (Å²) < 4.78 is 6.89. The molecule has 3 rings (SSSR count). The van der Waals surface area contributed by atoms with Crippen LogP contribution in [-0.2, 0) is 9.53 Å². The number of hydrogen-bond donors (Lipinski definition) is 1. The molecule has 2 atom stereocenters. The summed E-state index contributed by atoms with van der Waals surface area (Å²) in [6.45, 7) is 0.764. The molecule has 5 heteroatoms. The van der Waals surface area contributed by atoms with Crippen molar-refractivity contribution in [1.29, 1.82) is 0 Å². The van der Waals surface area contributed by atoms with Gasteiger partial charge in [-0.25, -0.2) is 4.98 Å². The standard InChI is InChI=1S/C13H15N3O2/c1-18-13(17)11-6-9(7-14-11)16-8-15-10-4-2-3-5-12(10)16/h2-5,8-9,11,14H,6-7H2,1H3. The maximum Gasteiger partial charge on any atom is 0.322 e. The van der Waals surface area contributed by atoms with Gasteiger partial charge in [0, 0.05) is 12.6 Å². The quantitative estimate of drug-likeness (QED) is 0.805. The topological polar surface area (TPSA) is 56.2 Å². The van der Waals surface area contributed by atoms with Gasteiger partial charge in [0.2, 0.25) is 0 Å². The molecule has 0 saturated carbocycles. The van der Waals surface area contributed by atoms with Gasteiger partial charge < -0.3 is 14.6 Å². The monoisotopic (exact) mass is 245 g/mol. The van der Waals surface area contributed by atoms with E-state index >= 15 is 0 Å². The summed E-state index contributed by atoms with van der Waals surface area (Å²) in [6, 6.07) is 8.06. The SMILES string of the molecule is COC(=O)C1CC(n2cnc3ccccc32)CN1. The normalized spacial score (nSPS) is 23.4. The molecule has 0 spiro atoms. The maximum atomic E-state index is 11.5. The molecule has 5 nitrogen and oxygen atoms in total. The van der Waals surface area contributed by atoms with Gasteiger partial charge in [-0.05, 0) is 18.6 Å². The molecule has 0 aliphatic carbocycles. The van der Waals surface area contributed by atoms with Crippen LogP contribution in [0.1, 0.15) is 12.5 Å². The van der Waals surface area contributed by atoms with Crippen molar-refractivity contribution in [3.8, 4) is 0 Å². The van der Waals surface area contributed by atoms with E-state index in [2.05, 4.69) is 14.9 Å². The van der Waals surface area contributed by atoms with Crippen molar-refractivity contribution >= 4 is 17.0 Å². The number of methoxy groups -OCH3 is 1. The third-order valence-electron chi connectivity index (χ3n) is 3.47. The number of imidazole rings is 1. The second-order valence-corrected chi connectivity index (χ2v) is 4.51. The molecule has 1 aliphatic rings. The molecular weight excluding hydrogens is 230 g/mol. The van der Waals surface area contributed by atoms with E-state index in [-0.39, 0.29) is 18.1 Å². The molecule has 0 bridgehead atoms. The zero-order valence-corrected chi connectivity index (χ0v) is 10.2. The van der Waals surface area contributed by atoms with E-state index < -0.39 is 0 Å². The van der Waals surface area contributed by atoms with Crippen LogP contribution in [0.2, 0.25) is 0 Å². The number of esters is 1. The lowest BCUT2D eigenvalue weighted by Gasteiger charge is -2.11. The zero-order valence-electron chi connectivity index (χ0n) is 10.2. The van der Waals surface area contributed by atoms with Gasteiger partial charge in [-0.15, -0.1) is 0 Å². The lowest BCUT2D eigenvalue weighted by atomic mass is 10.1. The first-order valence-corrected chi connectivity index (χ1v) is 6.02. The molecule has 1 N–H and O–H groups in total. The van der Waals surface area contributed by atoms with Gasteiger partial charge in [0.05, 0.1) is 24.5 Å². The first-order valence-electron chi connectivity index (χ1n) is 6.02. The lowest BCUT2D eigenvalue weighted by molar-refractivity contribution is -0.142. The van der Waals surface area contributed by atoms with Crippen molar-refractivity contribution in [3.63, 3.8) is 0 Å². The zero-order chi connectivity index (χ0) is 12.5. The molecule has 1 aromatic heterocycles. The van der Waals surface area contributed by atoms with E-state index in [1.54, 1.807) is 0 Å². The molecule has 2 unspecified atom stereocenters. The Morgan fingerprint density at radius 3 is 3.17 bits per heavy atom. The Hall–Kier alpha value is -1.88. The summed E-state index contributed by atoms with van der Waals surface area (Å²) in [7, 11) is 1.42. The predicted molar refractivity (Wildman–Crippen MR) is 67.2 cm³/mol. The molecule has 1 aromatic carbocycles. The van der Waals surface area contributed by atoms with Gasteiger partial charge in [0.15, 0.2) is 0 Å². The minimum absolute atomic E-state index is 0.193. The lowest BCUT2D eigenvalue weighted by Crippen LogP contribution is -2.31. The van der Waals surface area contributed by atoms with E-state index in [0.717, 1.165) is 24.0 Å². The summed E-state index contributed by atoms with van der Waals surface area (Å²) in [5.41, 5.74) is 2.09. The molecule has 1 saturated heterocycles. The fraction of sp³-hybridized carbons (Fsp3) is 0.385. The van der Waals surface area contributed by atoms with Crippen molar-refractivity contribution < 1.29 is 9.53 Å². The Bertz CT molecular complexity index is 578. The van der Waals surface area contributed by atoms with Crippen LogP contribution in [0, 0.1) is 0 Å². The van der Waals surface area contributed by atoms with E-state index in [1.807, 2.05) is 30.6 Å². The van der Waals surface area contributed by atoms with Gasteiger partial charge in [-0.3, -0.25) is 4.79 Å². The first-order chi connectivity index (χ1) is 8.79. The van der Waals surface area contributed by atoms with Crippen LogP contribution < -0.4 is 5.32 Å². The van der Waals surface area contributed by atoms with Crippen molar-refractivity contribution in [3.05, 3.63) is 30.6 Å². The van der Waals surface area contributed by atoms with Crippen molar-refractivity contribution in [2.45, 2.75) is 18.5 Å². The molecule has 0 radical (unpaired) electrons. The van der Waals surface area contributed by atoms with Crippen molar-refractivity contribution in [1.82, 2.24) is 14.9 Å². The molecule has 2 aromatic rings. The molecule has 18 heavy (non-hydrogen) atoms. The van der Waals surface area contributed by atoms with Gasteiger partial charge in [-0.2, -0.15) is 0 Å². The number of carbonyl (C=O) groups excluding carboxylic acids is 1. The Labute approximate surface area is 105 Å². The highest BCUT2D eigenvalue weighted by molar-refractivity contribution is 5.77. The Morgan fingerprint density at radius 1 is 1.50 bits per heavy atom. The average molecular weight is 245 g/mol. The van der Waals surface area contributed by atoms with Crippen LogP contribution in [-0.4, -0.2) is 35.2 Å². The van der Waals surface area contributed by atoms with Crippen LogP contribution in [0.15, 0.2) is 30.6 Å². The van der Waals surface area contributed by atoms with E-state index in [1.165, 1.54) is 7.11 Å². The Kier molecular flexibility index (Phi) is 2.76. The number of nitrogens with one attached hydrogen (secondary N) is 1. The van der Waals surface area contributed by atoms with Gasteiger partial charge >= 0.3 is 5.97 Å². The molecule has 0 amide bonds. The average Bonchev–Trinajstić information content (AvgIpc) is 3.03. The minimum atomic E-state index is -0.207. The smallest absolute Gasteiger partial charge is 0.322 e. The Morgan fingerprint density at radius 2 is 2.33 bits per heavy atom. The fourth-order valence-electron chi connectivity index (χ4n) is 2.52. The van der Waals surface area contributed by atoms with E-state index in [0.29, 0.717) is 0 Å². The van der Waals surface area contributed by atoms with Crippen LogP contribution in [0.5, 0.6) is 0 Å². The van der Waals surface area contributed by atoms with Gasteiger partial charge in [-0.1, -0.05) is 12.1 Å². The third kappa shape index (κ3) is 1.76. The van der Waals surface area contributed by atoms with Crippen molar-refractivity contribution in [2.24, 2.45) is 0 Å². The third-order valence-corrected chi connectivity index (χ3v) is 3.47. The summed E-state index contributed by atoms with van der Waals surface area (Å²) in [6.07, 6.45) is 2.59. The van der Waals surface area contributed by atoms with Gasteiger partial charge in [0.1, 0.15) is 6.04 Å². The first kappa shape index (κ1) is 11.2. The van der Waals surface area contributed by atoms with E-state index in [4.69, 9.17) is 4.74 Å². The number of rotatable bonds is 2. The predicted octanol–water partition coefficient (Wildman–Crippen LogP) is 1.11. The number of benzene rings is 1. The van der Waals surface area contributed by atoms with Crippen LogP contribution in [0.3, 0.4) is 0 Å².